The first kappa shape index (κ1) is 22.8. The molecule has 2 aliphatic rings. The minimum absolute atomic E-state index is 0.119. The number of ether oxygens (including phenoxy) is 1. The van der Waals surface area contributed by atoms with Crippen molar-refractivity contribution in [3.05, 3.63) is 10.6 Å². The van der Waals surface area contributed by atoms with Crippen molar-refractivity contribution in [1.82, 2.24) is 19.5 Å². The molecule has 2 aliphatic heterocycles. The van der Waals surface area contributed by atoms with Gasteiger partial charge in [-0.05, 0) is 32.6 Å². The standard InChI is InChI=1S/C18H29N5O5S2/c1-3-28-18(25)22-8-7-14-15(12-22)29-17(20-14)21-16(24)19-11-13-5-9-23(10-6-13)30(26,27)4-2/h13H,3-12H2,1-2H3,(H2,19,20,21,24). The van der Waals surface area contributed by atoms with E-state index in [9.17, 15) is 18.0 Å². The van der Waals surface area contributed by atoms with Crippen LogP contribution in [0.5, 0.6) is 0 Å². The number of nitrogens with one attached hydrogen (secondary N) is 2. The monoisotopic (exact) mass is 459 g/mol. The second-order valence-corrected chi connectivity index (χ2v) is 10.7. The van der Waals surface area contributed by atoms with E-state index in [1.807, 2.05) is 0 Å². The zero-order chi connectivity index (χ0) is 21.7. The number of piperidine rings is 1. The van der Waals surface area contributed by atoms with Gasteiger partial charge in [0.05, 0.1) is 24.6 Å². The van der Waals surface area contributed by atoms with Crippen molar-refractivity contribution >= 4 is 38.6 Å². The van der Waals surface area contributed by atoms with Crippen molar-refractivity contribution in [2.45, 2.75) is 39.7 Å². The van der Waals surface area contributed by atoms with E-state index in [4.69, 9.17) is 4.74 Å². The van der Waals surface area contributed by atoms with Crippen molar-refractivity contribution in [2.75, 3.05) is 43.9 Å². The number of rotatable bonds is 6. The van der Waals surface area contributed by atoms with Crippen molar-refractivity contribution in [3.63, 3.8) is 0 Å². The van der Waals surface area contributed by atoms with E-state index in [1.54, 1.807) is 18.7 Å². The predicted octanol–water partition coefficient (Wildman–Crippen LogP) is 1.84. The Kier molecular flexibility index (Phi) is 7.53. The fraction of sp³-hybridized carbons (Fsp3) is 0.722. The highest BCUT2D eigenvalue weighted by Gasteiger charge is 2.27. The number of carbonyl (C=O) groups excluding carboxylic acids is 2. The number of hydrogen-bond donors (Lipinski definition) is 2. The van der Waals surface area contributed by atoms with Gasteiger partial charge < -0.3 is 15.0 Å². The van der Waals surface area contributed by atoms with Crippen molar-refractivity contribution in [2.24, 2.45) is 5.92 Å². The second-order valence-electron chi connectivity index (χ2n) is 7.34. The number of aromatic nitrogens is 1. The Morgan fingerprint density at radius 3 is 2.63 bits per heavy atom. The molecule has 3 amide bonds. The lowest BCUT2D eigenvalue weighted by molar-refractivity contribution is 0.103. The van der Waals surface area contributed by atoms with Crippen LogP contribution in [0.4, 0.5) is 14.7 Å². The Morgan fingerprint density at radius 2 is 1.97 bits per heavy atom. The Labute approximate surface area is 181 Å². The molecule has 0 aliphatic carbocycles. The van der Waals surface area contributed by atoms with Crippen molar-refractivity contribution in [3.8, 4) is 0 Å². The first-order valence-electron chi connectivity index (χ1n) is 10.2. The molecular weight excluding hydrogens is 430 g/mol. The molecule has 1 aromatic heterocycles. The normalized spacial score (nSPS) is 18.0. The summed E-state index contributed by atoms with van der Waals surface area (Å²) in [5, 5.41) is 6.13. The molecule has 1 aromatic rings. The van der Waals surface area contributed by atoms with E-state index in [0.717, 1.165) is 23.4 Å². The lowest BCUT2D eigenvalue weighted by atomic mass is 9.98. The topological polar surface area (TPSA) is 121 Å². The molecule has 2 N–H and O–H groups in total. The van der Waals surface area contributed by atoms with E-state index in [-0.39, 0.29) is 23.8 Å². The molecule has 0 radical (unpaired) electrons. The average Bonchev–Trinajstić information content (AvgIpc) is 3.14. The summed E-state index contributed by atoms with van der Waals surface area (Å²) in [7, 11) is -3.14. The van der Waals surface area contributed by atoms with Gasteiger partial charge in [0.1, 0.15) is 0 Å². The van der Waals surface area contributed by atoms with Crippen LogP contribution in [0.3, 0.4) is 0 Å². The van der Waals surface area contributed by atoms with Gasteiger partial charge in [0.2, 0.25) is 10.0 Å². The maximum absolute atomic E-state index is 12.2. The lowest BCUT2D eigenvalue weighted by Crippen LogP contribution is -2.42. The Balaban J connectivity index is 1.44. The fourth-order valence-corrected chi connectivity index (χ4v) is 5.72. The summed E-state index contributed by atoms with van der Waals surface area (Å²) in [5.74, 6) is 0.370. The molecule has 0 atom stereocenters. The average molecular weight is 460 g/mol. The summed E-state index contributed by atoms with van der Waals surface area (Å²) in [5.41, 5.74) is 0.903. The van der Waals surface area contributed by atoms with Crippen LogP contribution < -0.4 is 10.6 Å². The van der Waals surface area contributed by atoms with Crippen LogP contribution in [0.15, 0.2) is 0 Å². The number of nitrogens with zero attached hydrogens (tertiary/aromatic N) is 3. The number of sulfonamides is 1. The molecule has 0 spiro atoms. The van der Waals surface area contributed by atoms with Crippen LogP contribution in [0, 0.1) is 5.92 Å². The summed E-state index contributed by atoms with van der Waals surface area (Å²) in [6.07, 6.45) is 1.76. The Bertz CT molecular complexity index is 864. The molecular formula is C18H29N5O5S2. The van der Waals surface area contributed by atoms with Gasteiger partial charge in [-0.3, -0.25) is 5.32 Å². The summed E-state index contributed by atoms with van der Waals surface area (Å²) < 4.78 is 30.4. The Hall–Kier alpha value is -1.92. The van der Waals surface area contributed by atoms with Gasteiger partial charge in [0.25, 0.3) is 0 Å². The molecule has 12 heteroatoms. The number of fused-ring (bicyclic) bond motifs is 1. The lowest BCUT2D eigenvalue weighted by Gasteiger charge is -2.30. The largest absolute Gasteiger partial charge is 0.450 e. The molecule has 30 heavy (non-hydrogen) atoms. The van der Waals surface area contributed by atoms with Gasteiger partial charge >= 0.3 is 12.1 Å². The van der Waals surface area contributed by atoms with Crippen molar-refractivity contribution in [1.29, 1.82) is 0 Å². The summed E-state index contributed by atoms with van der Waals surface area (Å²) in [6.45, 7) is 6.25. The first-order valence-corrected chi connectivity index (χ1v) is 12.7. The minimum atomic E-state index is -3.14. The molecule has 0 bridgehead atoms. The highest BCUT2D eigenvalue weighted by molar-refractivity contribution is 7.89. The number of carbonyl (C=O) groups is 2. The van der Waals surface area contributed by atoms with Gasteiger partial charge in [0.15, 0.2) is 5.13 Å². The first-order chi connectivity index (χ1) is 14.3. The van der Waals surface area contributed by atoms with Gasteiger partial charge in [0, 0.05) is 37.5 Å². The number of amides is 3. The van der Waals surface area contributed by atoms with Crippen molar-refractivity contribution < 1.29 is 22.7 Å². The highest BCUT2D eigenvalue weighted by atomic mass is 32.2. The molecule has 1 saturated heterocycles. The molecule has 0 unspecified atom stereocenters. The molecule has 3 rings (SSSR count). The predicted molar refractivity (Wildman–Crippen MR) is 114 cm³/mol. The van der Waals surface area contributed by atoms with Crippen LogP contribution in [0.1, 0.15) is 37.3 Å². The number of urea groups is 1. The van der Waals surface area contributed by atoms with Gasteiger partial charge in [-0.15, -0.1) is 0 Å². The van der Waals surface area contributed by atoms with E-state index < -0.39 is 10.0 Å². The van der Waals surface area contributed by atoms with E-state index >= 15 is 0 Å². The summed E-state index contributed by atoms with van der Waals surface area (Å²) >= 11 is 1.36. The van der Waals surface area contributed by atoms with Gasteiger partial charge in [-0.1, -0.05) is 11.3 Å². The zero-order valence-corrected chi connectivity index (χ0v) is 19.0. The highest BCUT2D eigenvalue weighted by Crippen LogP contribution is 2.28. The fourth-order valence-electron chi connectivity index (χ4n) is 3.57. The number of hydrogen-bond acceptors (Lipinski definition) is 7. The maximum atomic E-state index is 12.2. The van der Waals surface area contributed by atoms with Gasteiger partial charge in [-0.25, -0.2) is 27.3 Å². The van der Waals surface area contributed by atoms with E-state index in [2.05, 4.69) is 15.6 Å². The van der Waals surface area contributed by atoms with E-state index in [1.165, 1.54) is 15.6 Å². The minimum Gasteiger partial charge on any atom is -0.450 e. The summed E-state index contributed by atoms with van der Waals surface area (Å²) in [4.78, 5) is 31.2. The summed E-state index contributed by atoms with van der Waals surface area (Å²) in [6, 6.07) is -0.327. The third-order valence-corrected chi connectivity index (χ3v) is 8.24. The van der Waals surface area contributed by atoms with Gasteiger partial charge in [-0.2, -0.15) is 0 Å². The van der Waals surface area contributed by atoms with Crippen LogP contribution in [0.2, 0.25) is 0 Å². The molecule has 0 aromatic carbocycles. The van der Waals surface area contributed by atoms with E-state index in [0.29, 0.717) is 50.9 Å². The van der Waals surface area contributed by atoms with Crippen LogP contribution in [-0.2, 0) is 27.7 Å². The Morgan fingerprint density at radius 1 is 1.23 bits per heavy atom. The quantitative estimate of drug-likeness (QED) is 0.670. The number of anilines is 1. The third-order valence-electron chi connectivity index (χ3n) is 5.36. The molecule has 10 nitrogen and oxygen atoms in total. The zero-order valence-electron chi connectivity index (χ0n) is 17.3. The molecule has 0 saturated carbocycles. The SMILES string of the molecule is CCOC(=O)N1CCc2nc(NC(=O)NCC3CCN(S(=O)(=O)CC)CC3)sc2C1. The second kappa shape index (κ2) is 9.92. The van der Waals surface area contributed by atoms with Crippen LogP contribution >= 0.6 is 11.3 Å². The molecule has 3 heterocycles. The maximum Gasteiger partial charge on any atom is 0.410 e. The smallest absolute Gasteiger partial charge is 0.410 e. The van der Waals surface area contributed by atoms with Crippen LogP contribution in [-0.4, -0.2) is 73.3 Å². The number of thiazole rings is 1. The van der Waals surface area contributed by atoms with Crippen LogP contribution in [0.25, 0.3) is 0 Å². The molecule has 168 valence electrons. The molecule has 1 fully saturated rings. The third kappa shape index (κ3) is 5.61.